The molecular formula is C20H28N2O4S. The molecule has 0 bridgehead atoms. The average Bonchev–Trinajstić information content (AvgIpc) is 2.67. The van der Waals surface area contributed by atoms with Crippen LogP contribution in [0.25, 0.3) is 0 Å². The fraction of sp³-hybridized carbons (Fsp3) is 0.400. The Morgan fingerprint density at radius 2 is 1.74 bits per heavy atom. The fourth-order valence-corrected chi connectivity index (χ4v) is 3.58. The maximum atomic E-state index is 12.4. The lowest BCUT2D eigenvalue weighted by Gasteiger charge is -2.13. The molecule has 148 valence electrons. The first kappa shape index (κ1) is 21.1. The number of benzene rings is 2. The van der Waals surface area contributed by atoms with Gasteiger partial charge in [-0.2, -0.15) is 0 Å². The Bertz CT molecular complexity index is 820. The molecule has 0 aliphatic rings. The van der Waals surface area contributed by atoms with Crippen molar-refractivity contribution in [3.63, 3.8) is 0 Å². The van der Waals surface area contributed by atoms with Crippen LogP contribution < -0.4 is 19.9 Å². The molecule has 0 radical (unpaired) electrons. The lowest BCUT2D eigenvalue weighted by Crippen LogP contribution is -2.23. The van der Waals surface area contributed by atoms with E-state index in [9.17, 15) is 8.42 Å². The minimum atomic E-state index is -3.61. The zero-order valence-corrected chi connectivity index (χ0v) is 16.7. The third-order valence-electron chi connectivity index (χ3n) is 4.14. The number of unbranched alkanes of at least 4 members (excludes halogenated alkanes) is 3. The highest BCUT2D eigenvalue weighted by Crippen LogP contribution is 2.28. The largest absolute Gasteiger partial charge is 0.493 e. The normalized spacial score (nSPS) is 11.3. The molecule has 0 saturated carbocycles. The summed E-state index contributed by atoms with van der Waals surface area (Å²) >= 11 is 0. The lowest BCUT2D eigenvalue weighted by molar-refractivity contribution is 0.285. The van der Waals surface area contributed by atoms with Gasteiger partial charge < -0.3 is 15.2 Å². The van der Waals surface area contributed by atoms with Gasteiger partial charge in [-0.3, -0.25) is 0 Å². The van der Waals surface area contributed by atoms with E-state index in [0.717, 1.165) is 18.4 Å². The van der Waals surface area contributed by atoms with Crippen molar-refractivity contribution >= 4 is 15.7 Å². The Kier molecular flexibility index (Phi) is 7.94. The Hall–Kier alpha value is -2.25. The molecule has 0 unspecified atom stereocenters. The summed E-state index contributed by atoms with van der Waals surface area (Å²) in [6, 6.07) is 11.5. The van der Waals surface area contributed by atoms with Crippen LogP contribution in [-0.2, 0) is 16.6 Å². The van der Waals surface area contributed by atoms with Gasteiger partial charge in [0.2, 0.25) is 10.0 Å². The summed E-state index contributed by atoms with van der Waals surface area (Å²) in [5, 5.41) is 0. The van der Waals surface area contributed by atoms with Crippen LogP contribution in [0.5, 0.6) is 11.5 Å². The van der Waals surface area contributed by atoms with Gasteiger partial charge in [-0.25, -0.2) is 13.1 Å². The highest BCUT2D eigenvalue weighted by atomic mass is 32.2. The van der Waals surface area contributed by atoms with Crippen molar-refractivity contribution in [2.24, 2.45) is 0 Å². The Balaban J connectivity index is 2.01. The van der Waals surface area contributed by atoms with Crippen LogP contribution in [0, 0.1) is 0 Å². The molecule has 0 aliphatic heterocycles. The van der Waals surface area contributed by atoms with Gasteiger partial charge in [0.05, 0.1) is 18.6 Å². The Labute approximate surface area is 161 Å². The molecule has 0 saturated heterocycles. The van der Waals surface area contributed by atoms with E-state index in [1.807, 2.05) is 12.1 Å². The van der Waals surface area contributed by atoms with E-state index in [1.54, 1.807) is 25.3 Å². The van der Waals surface area contributed by atoms with Crippen molar-refractivity contribution in [1.29, 1.82) is 0 Å². The first-order valence-electron chi connectivity index (χ1n) is 9.11. The van der Waals surface area contributed by atoms with E-state index >= 15 is 0 Å². The van der Waals surface area contributed by atoms with Gasteiger partial charge >= 0.3 is 0 Å². The van der Waals surface area contributed by atoms with Gasteiger partial charge in [0, 0.05) is 12.2 Å². The van der Waals surface area contributed by atoms with E-state index in [2.05, 4.69) is 11.6 Å². The number of nitrogens with two attached hydrogens (primary N) is 1. The first-order valence-corrected chi connectivity index (χ1v) is 10.6. The maximum absolute atomic E-state index is 12.4. The molecule has 0 aromatic heterocycles. The zero-order chi connectivity index (χ0) is 19.7. The van der Waals surface area contributed by atoms with Gasteiger partial charge in [-0.15, -0.1) is 0 Å². The number of ether oxygens (including phenoxy) is 2. The third-order valence-corrected chi connectivity index (χ3v) is 5.56. The van der Waals surface area contributed by atoms with Gasteiger partial charge in [0.15, 0.2) is 11.5 Å². The number of nitrogen functional groups attached to an aromatic ring is 1. The number of anilines is 1. The second-order valence-electron chi connectivity index (χ2n) is 6.29. The average molecular weight is 393 g/mol. The molecule has 2 rings (SSSR count). The van der Waals surface area contributed by atoms with Crippen molar-refractivity contribution in [1.82, 2.24) is 4.72 Å². The monoisotopic (exact) mass is 392 g/mol. The van der Waals surface area contributed by atoms with Crippen LogP contribution in [0.3, 0.4) is 0 Å². The highest BCUT2D eigenvalue weighted by molar-refractivity contribution is 7.89. The lowest BCUT2D eigenvalue weighted by atomic mass is 10.2. The van der Waals surface area contributed by atoms with Gasteiger partial charge in [-0.1, -0.05) is 32.3 Å². The molecule has 2 aromatic rings. The van der Waals surface area contributed by atoms with Crippen LogP contribution >= 0.6 is 0 Å². The van der Waals surface area contributed by atoms with Crippen molar-refractivity contribution in [3.05, 3.63) is 48.0 Å². The molecule has 7 heteroatoms. The third kappa shape index (κ3) is 6.45. The molecule has 27 heavy (non-hydrogen) atoms. The van der Waals surface area contributed by atoms with Crippen molar-refractivity contribution < 1.29 is 17.9 Å². The molecule has 6 nitrogen and oxygen atoms in total. The second kappa shape index (κ2) is 10.2. The van der Waals surface area contributed by atoms with Crippen molar-refractivity contribution in [3.8, 4) is 11.5 Å². The van der Waals surface area contributed by atoms with E-state index < -0.39 is 10.0 Å². The topological polar surface area (TPSA) is 90.7 Å². The summed E-state index contributed by atoms with van der Waals surface area (Å²) in [7, 11) is -2.02. The first-order chi connectivity index (χ1) is 13.0. The highest BCUT2D eigenvalue weighted by Gasteiger charge is 2.14. The Morgan fingerprint density at radius 3 is 2.41 bits per heavy atom. The summed E-state index contributed by atoms with van der Waals surface area (Å²) in [6.07, 6.45) is 4.46. The summed E-state index contributed by atoms with van der Waals surface area (Å²) in [6.45, 7) is 2.93. The van der Waals surface area contributed by atoms with Crippen LogP contribution in [0.15, 0.2) is 47.4 Å². The SMILES string of the molecule is CCCCCCOc1cc(CNS(=O)(=O)c2ccc(N)cc2)ccc1OC. The van der Waals surface area contributed by atoms with Crippen LogP contribution in [-0.4, -0.2) is 22.1 Å². The van der Waals surface area contributed by atoms with E-state index in [0.29, 0.717) is 23.8 Å². The summed E-state index contributed by atoms with van der Waals surface area (Å²) in [5.41, 5.74) is 6.91. The standard InChI is InChI=1S/C20H28N2O4S/c1-3-4-5-6-13-26-20-14-16(7-12-19(20)25-2)15-22-27(23,24)18-10-8-17(21)9-11-18/h7-12,14,22H,3-6,13,15,21H2,1-2H3. The molecule has 3 N–H and O–H groups in total. The van der Waals surface area contributed by atoms with E-state index in [4.69, 9.17) is 15.2 Å². The van der Waals surface area contributed by atoms with Crippen LogP contribution in [0.2, 0.25) is 0 Å². The smallest absolute Gasteiger partial charge is 0.240 e. The summed E-state index contributed by atoms with van der Waals surface area (Å²) in [4.78, 5) is 0.178. The Morgan fingerprint density at radius 1 is 1.00 bits per heavy atom. The van der Waals surface area contributed by atoms with Crippen molar-refractivity contribution in [2.75, 3.05) is 19.5 Å². The number of hydrogen-bond donors (Lipinski definition) is 2. The number of rotatable bonds is 11. The minimum absolute atomic E-state index is 0.156. The predicted molar refractivity (Wildman–Crippen MR) is 108 cm³/mol. The zero-order valence-electron chi connectivity index (χ0n) is 15.9. The summed E-state index contributed by atoms with van der Waals surface area (Å²) in [5.74, 6) is 1.26. The maximum Gasteiger partial charge on any atom is 0.240 e. The van der Waals surface area contributed by atoms with E-state index in [1.165, 1.54) is 25.0 Å². The van der Waals surface area contributed by atoms with Gasteiger partial charge in [-0.05, 0) is 48.4 Å². The van der Waals surface area contributed by atoms with Gasteiger partial charge in [0.25, 0.3) is 0 Å². The van der Waals surface area contributed by atoms with Crippen molar-refractivity contribution in [2.45, 2.75) is 44.0 Å². The molecule has 0 heterocycles. The second-order valence-corrected chi connectivity index (χ2v) is 8.05. The molecular weight excluding hydrogens is 364 g/mol. The molecule has 0 fully saturated rings. The molecule has 2 aromatic carbocycles. The number of sulfonamides is 1. The quantitative estimate of drug-likeness (QED) is 0.449. The van der Waals surface area contributed by atoms with E-state index in [-0.39, 0.29) is 11.4 Å². The fourth-order valence-electron chi connectivity index (χ4n) is 2.56. The van der Waals surface area contributed by atoms with Crippen LogP contribution in [0.1, 0.15) is 38.2 Å². The minimum Gasteiger partial charge on any atom is -0.493 e. The van der Waals surface area contributed by atoms with Gasteiger partial charge in [0.1, 0.15) is 0 Å². The molecule has 0 spiro atoms. The predicted octanol–water partition coefficient (Wildman–Crippen LogP) is 3.72. The number of methoxy groups -OCH3 is 1. The number of nitrogens with one attached hydrogen (secondary N) is 1. The molecule has 0 aliphatic carbocycles. The molecule has 0 amide bonds. The summed E-state index contributed by atoms with van der Waals surface area (Å²) < 4.78 is 38.5. The van der Waals surface area contributed by atoms with Crippen LogP contribution in [0.4, 0.5) is 5.69 Å². The number of hydrogen-bond acceptors (Lipinski definition) is 5. The molecule has 0 atom stereocenters.